The van der Waals surface area contributed by atoms with Gasteiger partial charge in [0.15, 0.2) is 0 Å². The second-order valence-electron chi connectivity index (χ2n) is 4.48. The van der Waals surface area contributed by atoms with Gasteiger partial charge in [0.2, 0.25) is 0 Å². The average molecular weight is 333 g/mol. The van der Waals surface area contributed by atoms with E-state index < -0.39 is 12.9 Å². The molecule has 118 valence electrons. The van der Waals surface area contributed by atoms with Crippen LogP contribution < -0.4 is 5.63 Å². The first-order chi connectivity index (χ1) is 10.1. The van der Waals surface area contributed by atoms with Gasteiger partial charge in [-0.2, -0.15) is 5.26 Å². The van der Waals surface area contributed by atoms with E-state index in [1.165, 1.54) is 0 Å². The standard InChI is InChI=1S/C13H12NO2S.BF4/c1-17(2)8-11-9-5-3-4-6-12(9)16-13(15)10(11)7-14;2-1(3,4)5/h3-6H,8H2,1-2H3;/q+1;-1. The highest BCUT2D eigenvalue weighted by Crippen LogP contribution is 2.21. The molecule has 0 atom stereocenters. The molecular formula is C13H12BF4NO2S. The lowest BCUT2D eigenvalue weighted by Gasteiger charge is -2.05. The summed E-state index contributed by atoms with van der Waals surface area (Å²) in [7, 11) is -5.87. The number of hydrogen-bond donors (Lipinski definition) is 0. The molecule has 2 rings (SSSR count). The molecule has 0 unspecified atom stereocenters. The molecule has 0 fully saturated rings. The van der Waals surface area contributed by atoms with Crippen molar-refractivity contribution in [2.75, 3.05) is 12.5 Å². The van der Waals surface area contributed by atoms with E-state index >= 15 is 0 Å². The third kappa shape index (κ3) is 5.45. The van der Waals surface area contributed by atoms with Crippen molar-refractivity contribution in [1.82, 2.24) is 0 Å². The van der Waals surface area contributed by atoms with Gasteiger partial charge in [-0.05, 0) is 17.0 Å². The zero-order valence-electron chi connectivity index (χ0n) is 11.8. The molecule has 1 aromatic carbocycles. The minimum Gasteiger partial charge on any atom is -0.422 e. The fourth-order valence-electron chi connectivity index (χ4n) is 1.77. The number of halogens is 4. The molecule has 0 aliphatic heterocycles. The van der Waals surface area contributed by atoms with E-state index in [1.54, 1.807) is 6.07 Å². The van der Waals surface area contributed by atoms with Crippen LogP contribution in [0.25, 0.3) is 11.0 Å². The number of hydrogen-bond acceptors (Lipinski definition) is 3. The summed E-state index contributed by atoms with van der Waals surface area (Å²) in [6.45, 7) is 0. The first-order valence-corrected chi connectivity index (χ1v) is 8.21. The van der Waals surface area contributed by atoms with Crippen LogP contribution >= 0.6 is 0 Å². The molecule has 0 amide bonds. The SMILES string of the molecule is C[S+](C)Cc1c(C#N)c(=O)oc2ccccc12.F[B-](F)(F)F. The predicted molar refractivity (Wildman–Crippen MR) is 80.3 cm³/mol. The first kappa shape index (κ1) is 18.1. The highest BCUT2D eigenvalue weighted by molar-refractivity contribution is 7.94. The summed E-state index contributed by atoms with van der Waals surface area (Å²) in [5.41, 5.74) is 0.973. The van der Waals surface area contributed by atoms with Crippen LogP contribution in [-0.4, -0.2) is 19.8 Å². The van der Waals surface area contributed by atoms with Gasteiger partial charge < -0.3 is 21.7 Å². The van der Waals surface area contributed by atoms with E-state index in [2.05, 4.69) is 12.5 Å². The quantitative estimate of drug-likeness (QED) is 0.367. The molecule has 0 spiro atoms. The summed E-state index contributed by atoms with van der Waals surface area (Å²) < 4.78 is 44.1. The molecule has 3 nitrogen and oxygen atoms in total. The smallest absolute Gasteiger partial charge is 0.422 e. The Morgan fingerprint density at radius 3 is 2.27 bits per heavy atom. The number of fused-ring (bicyclic) bond motifs is 1. The van der Waals surface area contributed by atoms with Crippen molar-refractivity contribution in [2.24, 2.45) is 0 Å². The molecule has 0 aliphatic rings. The predicted octanol–water partition coefficient (Wildman–Crippen LogP) is 3.34. The summed E-state index contributed by atoms with van der Waals surface area (Å²) in [6.07, 6.45) is 4.18. The topological polar surface area (TPSA) is 54.0 Å². The lowest BCUT2D eigenvalue weighted by atomic mass is 10.1. The van der Waals surface area contributed by atoms with E-state index in [0.717, 1.165) is 16.7 Å². The Kier molecular flexibility index (Phi) is 6.06. The molecule has 22 heavy (non-hydrogen) atoms. The average Bonchev–Trinajstić information content (AvgIpc) is 2.36. The Bertz CT molecular complexity index is 746. The zero-order chi connectivity index (χ0) is 16.9. The van der Waals surface area contributed by atoms with Crippen LogP contribution in [0.2, 0.25) is 0 Å². The van der Waals surface area contributed by atoms with Crippen molar-refractivity contribution < 1.29 is 21.7 Å². The van der Waals surface area contributed by atoms with Crippen molar-refractivity contribution in [2.45, 2.75) is 5.75 Å². The Hall–Kier alpha value is -1.95. The van der Waals surface area contributed by atoms with Crippen LogP contribution in [0.4, 0.5) is 17.3 Å². The normalized spacial score (nSPS) is 11.0. The maximum absolute atomic E-state index is 11.7. The zero-order valence-corrected chi connectivity index (χ0v) is 12.6. The Morgan fingerprint density at radius 2 is 1.77 bits per heavy atom. The fraction of sp³-hybridized carbons (Fsp3) is 0.231. The van der Waals surface area contributed by atoms with E-state index in [9.17, 15) is 22.1 Å². The van der Waals surface area contributed by atoms with Crippen LogP contribution in [-0.2, 0) is 16.6 Å². The molecule has 0 bridgehead atoms. The summed E-state index contributed by atoms with van der Waals surface area (Å²) in [5, 5.41) is 9.93. The van der Waals surface area contributed by atoms with Crippen LogP contribution in [0.3, 0.4) is 0 Å². The highest BCUT2D eigenvalue weighted by atomic mass is 32.2. The van der Waals surface area contributed by atoms with E-state index in [4.69, 9.17) is 9.68 Å². The largest absolute Gasteiger partial charge is 0.673 e. The molecule has 1 aromatic heterocycles. The van der Waals surface area contributed by atoms with Crippen LogP contribution in [0, 0.1) is 11.3 Å². The van der Waals surface area contributed by atoms with Gasteiger partial charge in [-0.1, -0.05) is 18.2 Å². The van der Waals surface area contributed by atoms with Gasteiger partial charge in [-0.3, -0.25) is 0 Å². The molecule has 0 radical (unpaired) electrons. The Labute approximate surface area is 127 Å². The summed E-state index contributed by atoms with van der Waals surface area (Å²) >= 11 is 0. The van der Waals surface area contributed by atoms with Gasteiger partial charge in [0.25, 0.3) is 0 Å². The molecule has 0 aliphatic carbocycles. The van der Waals surface area contributed by atoms with Crippen molar-refractivity contribution in [1.29, 1.82) is 5.26 Å². The highest BCUT2D eigenvalue weighted by Gasteiger charge is 2.20. The molecule has 9 heteroatoms. The fourth-order valence-corrected chi connectivity index (χ4v) is 2.64. The second-order valence-corrected chi connectivity index (χ2v) is 6.74. The minimum atomic E-state index is -6.00. The van der Waals surface area contributed by atoms with Crippen molar-refractivity contribution in [3.8, 4) is 6.07 Å². The van der Waals surface area contributed by atoms with Gasteiger partial charge in [-0.25, -0.2) is 4.79 Å². The molecule has 0 saturated carbocycles. The van der Waals surface area contributed by atoms with E-state index in [1.807, 2.05) is 24.3 Å². The Morgan fingerprint density at radius 1 is 1.23 bits per heavy atom. The number of rotatable bonds is 2. The maximum atomic E-state index is 11.7. The van der Waals surface area contributed by atoms with Crippen molar-refractivity contribution >= 4 is 29.1 Å². The lowest BCUT2D eigenvalue weighted by molar-refractivity contribution is 0.368. The molecular weight excluding hydrogens is 321 g/mol. The molecule has 0 N–H and O–H groups in total. The number of nitrogens with zero attached hydrogens (tertiary/aromatic N) is 1. The van der Waals surface area contributed by atoms with Gasteiger partial charge in [0, 0.05) is 10.9 Å². The third-order valence-corrected chi connectivity index (χ3v) is 3.33. The van der Waals surface area contributed by atoms with E-state index in [-0.39, 0.29) is 16.5 Å². The Balaban J connectivity index is 0.000000422. The first-order valence-electron chi connectivity index (χ1n) is 5.99. The summed E-state index contributed by atoms with van der Waals surface area (Å²) in [6, 6.07) is 9.31. The van der Waals surface area contributed by atoms with E-state index in [0.29, 0.717) is 5.58 Å². The number of para-hydroxylation sites is 1. The van der Waals surface area contributed by atoms with Crippen molar-refractivity contribution in [3.05, 3.63) is 45.8 Å². The molecule has 0 saturated heterocycles. The summed E-state index contributed by atoms with van der Waals surface area (Å²) in [5.74, 6) is 0.731. The van der Waals surface area contributed by atoms with Crippen molar-refractivity contribution in [3.63, 3.8) is 0 Å². The van der Waals surface area contributed by atoms with Gasteiger partial charge >= 0.3 is 12.9 Å². The molecule has 2 aromatic rings. The minimum absolute atomic E-state index is 0.126. The van der Waals surface area contributed by atoms with Gasteiger partial charge in [0.05, 0.1) is 12.5 Å². The third-order valence-electron chi connectivity index (χ3n) is 2.47. The van der Waals surface area contributed by atoms with Crippen LogP contribution in [0.5, 0.6) is 0 Å². The monoisotopic (exact) mass is 333 g/mol. The number of benzene rings is 1. The maximum Gasteiger partial charge on any atom is 0.673 e. The number of nitriles is 1. The van der Waals surface area contributed by atoms with Gasteiger partial charge in [-0.15, -0.1) is 0 Å². The molecule has 1 heterocycles. The van der Waals surface area contributed by atoms with Crippen LogP contribution in [0.1, 0.15) is 11.1 Å². The van der Waals surface area contributed by atoms with Gasteiger partial charge in [0.1, 0.15) is 23.0 Å². The second kappa shape index (κ2) is 7.36. The summed E-state index contributed by atoms with van der Waals surface area (Å²) in [4.78, 5) is 11.7. The van der Waals surface area contributed by atoms with Crippen LogP contribution in [0.15, 0.2) is 33.5 Å². The lowest BCUT2D eigenvalue weighted by Crippen LogP contribution is -2.12.